The maximum absolute atomic E-state index is 13.8. The van der Waals surface area contributed by atoms with Gasteiger partial charge >= 0.3 is 6.18 Å². The smallest absolute Gasteiger partial charge is 0.345 e. The molecule has 1 N–H and O–H groups in total. The van der Waals surface area contributed by atoms with E-state index in [1.807, 2.05) is 6.92 Å². The largest absolute Gasteiger partial charge is 0.434 e. The number of aromatic nitrogens is 2. The highest BCUT2D eigenvalue weighted by Crippen LogP contribution is 2.34. The predicted octanol–water partition coefficient (Wildman–Crippen LogP) is 4.15. The molecule has 0 aliphatic carbocycles. The predicted molar refractivity (Wildman–Crippen MR) is 106 cm³/mol. The Kier molecular flexibility index (Phi) is 5.64. The van der Waals surface area contributed by atoms with Gasteiger partial charge in [-0.25, -0.2) is 4.68 Å². The monoisotopic (exact) mass is 416 g/mol. The molecule has 2 amide bonds. The second-order valence-corrected chi connectivity index (χ2v) is 6.89. The lowest BCUT2D eigenvalue weighted by Crippen LogP contribution is -2.22. The SMILES string of the molecule is Cc1ccc(-n2ncc(C(=O)Nc3cccc(C(=O)N(C)C)c3)c2C(F)(F)F)cc1. The minimum Gasteiger partial charge on any atom is -0.345 e. The van der Waals surface area contributed by atoms with Crippen molar-refractivity contribution in [1.82, 2.24) is 14.7 Å². The Morgan fingerprint density at radius 3 is 2.33 bits per heavy atom. The minimum absolute atomic E-state index is 0.186. The van der Waals surface area contributed by atoms with Gasteiger partial charge in [0.1, 0.15) is 0 Å². The van der Waals surface area contributed by atoms with Gasteiger partial charge in [-0.3, -0.25) is 9.59 Å². The van der Waals surface area contributed by atoms with E-state index in [0.29, 0.717) is 10.2 Å². The van der Waals surface area contributed by atoms with Crippen molar-refractivity contribution >= 4 is 17.5 Å². The van der Waals surface area contributed by atoms with E-state index < -0.39 is 23.3 Å². The van der Waals surface area contributed by atoms with Crippen molar-refractivity contribution in [2.24, 2.45) is 0 Å². The summed E-state index contributed by atoms with van der Waals surface area (Å²) in [5.41, 5.74) is -0.236. The normalized spacial score (nSPS) is 11.3. The number of nitrogens with one attached hydrogen (secondary N) is 1. The molecule has 0 aliphatic heterocycles. The number of benzene rings is 2. The van der Waals surface area contributed by atoms with Crippen LogP contribution in [-0.2, 0) is 6.18 Å². The van der Waals surface area contributed by atoms with Crippen molar-refractivity contribution in [3.63, 3.8) is 0 Å². The molecule has 0 spiro atoms. The highest BCUT2D eigenvalue weighted by atomic mass is 19.4. The van der Waals surface area contributed by atoms with Gasteiger partial charge in [-0.15, -0.1) is 0 Å². The van der Waals surface area contributed by atoms with E-state index >= 15 is 0 Å². The van der Waals surface area contributed by atoms with Gasteiger partial charge < -0.3 is 10.2 Å². The van der Waals surface area contributed by atoms with Crippen molar-refractivity contribution in [3.05, 3.63) is 77.1 Å². The zero-order valence-corrected chi connectivity index (χ0v) is 16.5. The Morgan fingerprint density at radius 2 is 1.73 bits per heavy atom. The van der Waals surface area contributed by atoms with Gasteiger partial charge in [0.25, 0.3) is 11.8 Å². The second kappa shape index (κ2) is 8.02. The van der Waals surface area contributed by atoms with Crippen LogP contribution in [-0.4, -0.2) is 40.6 Å². The molecule has 6 nitrogen and oxygen atoms in total. The molecule has 1 aromatic heterocycles. The fraction of sp³-hybridized carbons (Fsp3) is 0.190. The molecule has 0 saturated heterocycles. The topological polar surface area (TPSA) is 67.2 Å². The highest BCUT2D eigenvalue weighted by molar-refractivity contribution is 6.06. The van der Waals surface area contributed by atoms with Gasteiger partial charge in [-0.2, -0.15) is 18.3 Å². The molecule has 0 bridgehead atoms. The van der Waals surface area contributed by atoms with E-state index in [4.69, 9.17) is 0 Å². The van der Waals surface area contributed by atoms with Crippen LogP contribution in [0.3, 0.4) is 0 Å². The summed E-state index contributed by atoms with van der Waals surface area (Å²) >= 11 is 0. The van der Waals surface area contributed by atoms with Crippen molar-refractivity contribution in [2.75, 3.05) is 19.4 Å². The molecule has 3 rings (SSSR count). The maximum Gasteiger partial charge on any atom is 0.434 e. The van der Waals surface area contributed by atoms with Gasteiger partial charge in [0.05, 0.1) is 17.4 Å². The van der Waals surface area contributed by atoms with Crippen LogP contribution in [0.1, 0.15) is 32.0 Å². The molecular weight excluding hydrogens is 397 g/mol. The molecular formula is C21H19F3N4O2. The summed E-state index contributed by atoms with van der Waals surface area (Å²) in [5, 5.41) is 6.21. The van der Waals surface area contributed by atoms with Gasteiger partial charge in [0.2, 0.25) is 0 Å². The first kappa shape index (κ1) is 21.1. The van der Waals surface area contributed by atoms with E-state index in [-0.39, 0.29) is 17.3 Å². The summed E-state index contributed by atoms with van der Waals surface area (Å²) in [4.78, 5) is 26.1. The first-order chi connectivity index (χ1) is 14.1. The number of hydrogen-bond donors (Lipinski definition) is 1. The number of aryl methyl sites for hydroxylation is 1. The summed E-state index contributed by atoms with van der Waals surface area (Å²) in [7, 11) is 3.14. The average Bonchev–Trinajstić information content (AvgIpc) is 3.14. The van der Waals surface area contributed by atoms with Gasteiger partial charge in [0, 0.05) is 25.3 Å². The lowest BCUT2D eigenvalue weighted by molar-refractivity contribution is -0.143. The number of amides is 2. The van der Waals surface area contributed by atoms with Crippen LogP contribution in [0.25, 0.3) is 5.69 Å². The highest BCUT2D eigenvalue weighted by Gasteiger charge is 2.40. The average molecular weight is 416 g/mol. The molecule has 2 aromatic carbocycles. The van der Waals surface area contributed by atoms with Crippen LogP contribution in [0.4, 0.5) is 18.9 Å². The van der Waals surface area contributed by atoms with Crippen molar-refractivity contribution in [3.8, 4) is 5.69 Å². The Balaban J connectivity index is 1.96. The Bertz CT molecular complexity index is 1090. The summed E-state index contributed by atoms with van der Waals surface area (Å²) in [5.74, 6) is -1.27. The molecule has 0 aliphatic rings. The van der Waals surface area contributed by atoms with Gasteiger partial charge in [0.15, 0.2) is 5.69 Å². The third-order valence-corrected chi connectivity index (χ3v) is 4.33. The summed E-state index contributed by atoms with van der Waals surface area (Å²) in [6.07, 6.45) is -3.93. The standard InChI is InChI=1S/C21H19F3N4O2/c1-13-7-9-16(10-8-13)28-18(21(22,23)24)17(12-25-28)19(29)26-15-6-4-5-14(11-15)20(30)27(2)3/h4-12H,1-3H3,(H,26,29). The van der Waals surface area contributed by atoms with E-state index in [1.54, 1.807) is 32.3 Å². The van der Waals surface area contributed by atoms with Crippen molar-refractivity contribution in [1.29, 1.82) is 0 Å². The van der Waals surface area contributed by atoms with E-state index in [1.165, 1.54) is 35.2 Å². The number of rotatable bonds is 4. The number of alkyl halides is 3. The second-order valence-electron chi connectivity index (χ2n) is 6.89. The molecule has 0 atom stereocenters. The summed E-state index contributed by atoms with van der Waals surface area (Å²) in [6.45, 7) is 1.81. The van der Waals surface area contributed by atoms with Crippen LogP contribution in [0.2, 0.25) is 0 Å². The fourth-order valence-corrected chi connectivity index (χ4v) is 2.86. The Labute approximate surface area is 170 Å². The van der Waals surface area contributed by atoms with E-state index in [2.05, 4.69) is 10.4 Å². The molecule has 0 radical (unpaired) electrons. The first-order valence-electron chi connectivity index (χ1n) is 8.93. The lowest BCUT2D eigenvalue weighted by Gasteiger charge is -2.14. The van der Waals surface area contributed by atoms with Crippen molar-refractivity contribution < 1.29 is 22.8 Å². The number of nitrogens with zero attached hydrogens (tertiary/aromatic N) is 3. The van der Waals surface area contributed by atoms with Gasteiger partial charge in [-0.1, -0.05) is 23.8 Å². The molecule has 156 valence electrons. The first-order valence-corrected chi connectivity index (χ1v) is 8.93. The lowest BCUT2D eigenvalue weighted by atomic mass is 10.1. The number of halogens is 3. The summed E-state index contributed by atoms with van der Waals surface area (Å²) in [6, 6.07) is 12.3. The third kappa shape index (κ3) is 4.35. The van der Waals surface area contributed by atoms with Crippen molar-refractivity contribution in [2.45, 2.75) is 13.1 Å². The number of carbonyl (C=O) groups is 2. The number of hydrogen-bond acceptors (Lipinski definition) is 3. The molecule has 0 saturated carbocycles. The summed E-state index contributed by atoms with van der Waals surface area (Å²) < 4.78 is 42.0. The third-order valence-electron chi connectivity index (χ3n) is 4.33. The van der Waals surface area contributed by atoms with E-state index in [9.17, 15) is 22.8 Å². The van der Waals surface area contributed by atoms with Crippen LogP contribution in [0, 0.1) is 6.92 Å². The van der Waals surface area contributed by atoms with Crippen LogP contribution < -0.4 is 5.32 Å². The number of carbonyl (C=O) groups excluding carboxylic acids is 2. The van der Waals surface area contributed by atoms with E-state index in [0.717, 1.165) is 11.8 Å². The fourth-order valence-electron chi connectivity index (χ4n) is 2.86. The van der Waals surface area contributed by atoms with Crippen LogP contribution in [0.5, 0.6) is 0 Å². The quantitative estimate of drug-likeness (QED) is 0.695. The Hall–Kier alpha value is -3.62. The zero-order valence-electron chi connectivity index (χ0n) is 16.5. The van der Waals surface area contributed by atoms with Crippen LogP contribution >= 0.6 is 0 Å². The molecule has 30 heavy (non-hydrogen) atoms. The molecule has 0 fully saturated rings. The molecule has 9 heteroatoms. The maximum atomic E-state index is 13.8. The van der Waals surface area contributed by atoms with Crippen LogP contribution in [0.15, 0.2) is 54.7 Å². The number of anilines is 1. The zero-order chi connectivity index (χ0) is 22.1. The molecule has 0 unspecified atom stereocenters. The minimum atomic E-state index is -4.81. The molecule has 3 aromatic rings. The van der Waals surface area contributed by atoms with Gasteiger partial charge in [-0.05, 0) is 37.3 Å². The Morgan fingerprint density at radius 1 is 1.07 bits per heavy atom. The molecule has 1 heterocycles.